The molecule has 1 saturated heterocycles. The summed E-state index contributed by atoms with van der Waals surface area (Å²) in [5.74, 6) is 0. The molecular weight excluding hydrogens is 270 g/mol. The third-order valence-corrected chi connectivity index (χ3v) is 5.27. The molecule has 2 heterocycles. The van der Waals surface area contributed by atoms with Crippen LogP contribution in [0.25, 0.3) is 10.1 Å². The number of hydrogen-bond acceptors (Lipinski definition) is 4. The minimum Gasteiger partial charge on any atom is -0.396 e. The molecule has 1 aliphatic rings. The van der Waals surface area contributed by atoms with E-state index in [9.17, 15) is 5.11 Å². The normalized spacial score (nSPS) is 18.4. The second-order valence-corrected chi connectivity index (χ2v) is 6.39. The number of aliphatic hydroxyl groups is 1. The van der Waals surface area contributed by atoms with Crippen LogP contribution in [0.1, 0.15) is 24.8 Å². The van der Waals surface area contributed by atoms with Crippen LogP contribution in [-0.2, 0) is 11.3 Å². The molecule has 0 radical (unpaired) electrons. The lowest BCUT2D eigenvalue weighted by atomic mass is 9.86. The predicted octanol–water partition coefficient (Wildman–Crippen LogP) is 2.92. The van der Waals surface area contributed by atoms with Crippen LogP contribution >= 0.6 is 11.3 Å². The summed E-state index contributed by atoms with van der Waals surface area (Å²) in [6.07, 6.45) is 2.77. The van der Waals surface area contributed by atoms with E-state index >= 15 is 0 Å². The first kappa shape index (κ1) is 14.0. The molecule has 3 nitrogen and oxygen atoms in total. The molecule has 1 aromatic carbocycles. The molecule has 0 bridgehead atoms. The van der Waals surface area contributed by atoms with Crippen molar-refractivity contribution in [1.29, 1.82) is 0 Å². The van der Waals surface area contributed by atoms with Gasteiger partial charge in [0.15, 0.2) is 0 Å². The van der Waals surface area contributed by atoms with Crippen molar-refractivity contribution in [1.82, 2.24) is 5.32 Å². The molecule has 0 unspecified atom stereocenters. The van der Waals surface area contributed by atoms with Crippen molar-refractivity contribution < 1.29 is 9.84 Å². The van der Waals surface area contributed by atoms with E-state index in [2.05, 4.69) is 35.0 Å². The molecule has 0 aliphatic carbocycles. The molecule has 1 aromatic heterocycles. The lowest BCUT2D eigenvalue weighted by Crippen LogP contribution is -2.49. The minimum absolute atomic E-state index is 0.0377. The Hall–Kier alpha value is -0.940. The average Bonchev–Trinajstić information content (AvgIpc) is 2.90. The second-order valence-electron chi connectivity index (χ2n) is 5.48. The third-order valence-electron chi connectivity index (χ3n) is 4.26. The predicted molar refractivity (Wildman–Crippen MR) is 83.2 cm³/mol. The number of ether oxygens (including phenoxy) is 1. The number of benzene rings is 1. The number of fused-ring (bicyclic) bond motifs is 1. The SMILES string of the molecule is OCCC1(NCc2csc3ccccc23)CCOCC1. The van der Waals surface area contributed by atoms with Crippen LogP contribution in [-0.4, -0.2) is 30.5 Å². The maximum Gasteiger partial charge on any atom is 0.0483 e. The van der Waals surface area contributed by atoms with E-state index in [1.807, 2.05) is 0 Å². The van der Waals surface area contributed by atoms with E-state index in [0.717, 1.165) is 39.0 Å². The summed E-state index contributed by atoms with van der Waals surface area (Å²) < 4.78 is 6.80. The summed E-state index contributed by atoms with van der Waals surface area (Å²) in [5.41, 5.74) is 1.39. The first-order valence-electron chi connectivity index (χ1n) is 7.22. The summed E-state index contributed by atoms with van der Waals surface area (Å²) >= 11 is 1.80. The van der Waals surface area contributed by atoms with Gasteiger partial charge in [0, 0.05) is 36.6 Å². The Morgan fingerprint density at radius 2 is 2.05 bits per heavy atom. The highest BCUT2D eigenvalue weighted by atomic mass is 32.1. The number of hydrogen-bond donors (Lipinski definition) is 2. The summed E-state index contributed by atoms with van der Waals surface area (Å²) in [5, 5.41) is 16.6. The maximum atomic E-state index is 9.33. The van der Waals surface area contributed by atoms with Crippen molar-refractivity contribution in [3.8, 4) is 0 Å². The van der Waals surface area contributed by atoms with Gasteiger partial charge >= 0.3 is 0 Å². The Morgan fingerprint density at radius 1 is 1.25 bits per heavy atom. The number of nitrogens with one attached hydrogen (secondary N) is 1. The molecule has 2 aromatic rings. The van der Waals surface area contributed by atoms with Gasteiger partial charge in [-0.3, -0.25) is 0 Å². The van der Waals surface area contributed by atoms with Crippen molar-refractivity contribution in [2.75, 3.05) is 19.8 Å². The fourth-order valence-corrected chi connectivity index (χ4v) is 3.91. The Labute approximate surface area is 123 Å². The van der Waals surface area contributed by atoms with Gasteiger partial charge in [-0.2, -0.15) is 0 Å². The van der Waals surface area contributed by atoms with E-state index < -0.39 is 0 Å². The van der Waals surface area contributed by atoms with E-state index in [1.165, 1.54) is 15.6 Å². The van der Waals surface area contributed by atoms with E-state index in [0.29, 0.717) is 0 Å². The molecule has 20 heavy (non-hydrogen) atoms. The highest BCUT2D eigenvalue weighted by molar-refractivity contribution is 7.17. The first-order valence-corrected chi connectivity index (χ1v) is 8.10. The van der Waals surface area contributed by atoms with Crippen LogP contribution in [0.3, 0.4) is 0 Å². The number of thiophene rings is 1. The van der Waals surface area contributed by atoms with E-state index in [4.69, 9.17) is 4.74 Å². The Kier molecular flexibility index (Phi) is 4.36. The van der Waals surface area contributed by atoms with Crippen molar-refractivity contribution in [3.63, 3.8) is 0 Å². The quantitative estimate of drug-likeness (QED) is 0.890. The van der Waals surface area contributed by atoms with Gasteiger partial charge in [0.2, 0.25) is 0 Å². The molecule has 108 valence electrons. The van der Waals surface area contributed by atoms with Crippen molar-refractivity contribution in [2.24, 2.45) is 0 Å². The van der Waals surface area contributed by atoms with Gasteiger partial charge in [-0.15, -0.1) is 11.3 Å². The smallest absolute Gasteiger partial charge is 0.0483 e. The highest BCUT2D eigenvalue weighted by Crippen LogP contribution is 2.28. The minimum atomic E-state index is 0.0377. The van der Waals surface area contributed by atoms with Gasteiger partial charge in [-0.25, -0.2) is 0 Å². The van der Waals surface area contributed by atoms with Gasteiger partial charge < -0.3 is 15.2 Å². The molecule has 0 saturated carbocycles. The Bertz CT molecular complexity index is 555. The lowest BCUT2D eigenvalue weighted by molar-refractivity contribution is 0.0268. The standard InChI is InChI=1S/C16H21NO2S/c18-8-5-16(6-9-19-10-7-16)17-11-13-12-20-15-4-2-1-3-14(13)15/h1-4,12,17-18H,5-11H2. The zero-order chi connectivity index (χ0) is 13.8. The fourth-order valence-electron chi connectivity index (χ4n) is 2.94. The van der Waals surface area contributed by atoms with Crippen LogP contribution in [0.4, 0.5) is 0 Å². The van der Waals surface area contributed by atoms with Crippen LogP contribution < -0.4 is 5.32 Å². The van der Waals surface area contributed by atoms with Crippen LogP contribution in [0, 0.1) is 0 Å². The Morgan fingerprint density at radius 3 is 2.85 bits per heavy atom. The second kappa shape index (κ2) is 6.22. The van der Waals surface area contributed by atoms with Gasteiger partial charge in [0.05, 0.1) is 0 Å². The van der Waals surface area contributed by atoms with Gasteiger partial charge in [0.1, 0.15) is 0 Å². The molecule has 2 N–H and O–H groups in total. The molecule has 0 spiro atoms. The number of aliphatic hydroxyl groups excluding tert-OH is 1. The van der Waals surface area contributed by atoms with Crippen LogP contribution in [0.5, 0.6) is 0 Å². The highest BCUT2D eigenvalue weighted by Gasteiger charge is 2.31. The summed E-state index contributed by atoms with van der Waals surface area (Å²) in [7, 11) is 0. The van der Waals surface area contributed by atoms with E-state index in [-0.39, 0.29) is 12.1 Å². The summed E-state index contributed by atoms with van der Waals surface area (Å²) in [4.78, 5) is 0. The van der Waals surface area contributed by atoms with Crippen LogP contribution in [0.2, 0.25) is 0 Å². The lowest BCUT2D eigenvalue weighted by Gasteiger charge is -2.38. The molecule has 3 rings (SSSR count). The zero-order valence-corrected chi connectivity index (χ0v) is 12.4. The topological polar surface area (TPSA) is 41.5 Å². The Balaban J connectivity index is 1.73. The molecule has 4 heteroatoms. The molecular formula is C16H21NO2S. The summed E-state index contributed by atoms with van der Waals surface area (Å²) in [6.45, 7) is 2.68. The average molecular weight is 291 g/mol. The van der Waals surface area contributed by atoms with Crippen molar-refractivity contribution >= 4 is 21.4 Å². The summed E-state index contributed by atoms with van der Waals surface area (Å²) in [6, 6.07) is 8.53. The molecule has 0 atom stereocenters. The van der Waals surface area contributed by atoms with Crippen LogP contribution in [0.15, 0.2) is 29.6 Å². The molecule has 1 fully saturated rings. The zero-order valence-electron chi connectivity index (χ0n) is 11.6. The molecule has 0 amide bonds. The van der Waals surface area contributed by atoms with E-state index in [1.54, 1.807) is 11.3 Å². The monoisotopic (exact) mass is 291 g/mol. The fraction of sp³-hybridized carbons (Fsp3) is 0.500. The maximum absolute atomic E-state index is 9.33. The van der Waals surface area contributed by atoms with Crippen molar-refractivity contribution in [2.45, 2.75) is 31.3 Å². The van der Waals surface area contributed by atoms with Gasteiger partial charge in [-0.1, -0.05) is 18.2 Å². The third kappa shape index (κ3) is 2.88. The first-order chi connectivity index (χ1) is 9.83. The largest absolute Gasteiger partial charge is 0.396 e. The van der Waals surface area contributed by atoms with Crippen molar-refractivity contribution in [3.05, 3.63) is 35.2 Å². The molecule has 1 aliphatic heterocycles. The number of rotatable bonds is 5. The van der Waals surface area contributed by atoms with Gasteiger partial charge in [-0.05, 0) is 41.7 Å². The van der Waals surface area contributed by atoms with Gasteiger partial charge in [0.25, 0.3) is 0 Å².